The van der Waals surface area contributed by atoms with Gasteiger partial charge in [0.15, 0.2) is 0 Å². The molecule has 2 rings (SSSR count). The summed E-state index contributed by atoms with van der Waals surface area (Å²) in [5.74, 6) is -0.295. The number of hydrogen-bond donors (Lipinski definition) is 1. The molecular weight excluding hydrogens is 273 g/mol. The Morgan fingerprint density at radius 2 is 1.90 bits per heavy atom. The molecule has 0 aliphatic carbocycles. The standard InChI is InChI=1S/C17H19ClFN/c1-2-10-20-17(13-6-4-3-5-7-13)11-14-8-9-15(19)12-16(14)18/h3-9,12,17,20H,2,10-11H2,1H3. The van der Waals surface area contributed by atoms with Crippen LogP contribution in [0.25, 0.3) is 0 Å². The Morgan fingerprint density at radius 3 is 2.55 bits per heavy atom. The lowest BCUT2D eigenvalue weighted by Crippen LogP contribution is -2.24. The molecule has 0 radical (unpaired) electrons. The maximum absolute atomic E-state index is 13.1. The molecule has 0 aromatic heterocycles. The minimum atomic E-state index is -0.295. The summed E-state index contributed by atoms with van der Waals surface area (Å²) in [7, 11) is 0. The van der Waals surface area contributed by atoms with E-state index in [-0.39, 0.29) is 11.9 Å². The van der Waals surface area contributed by atoms with Crippen LogP contribution in [0.1, 0.15) is 30.5 Å². The van der Waals surface area contributed by atoms with Gasteiger partial charge >= 0.3 is 0 Å². The molecule has 0 spiro atoms. The van der Waals surface area contributed by atoms with Crippen molar-refractivity contribution < 1.29 is 4.39 Å². The van der Waals surface area contributed by atoms with Crippen molar-refractivity contribution in [3.63, 3.8) is 0 Å². The van der Waals surface area contributed by atoms with Gasteiger partial charge in [0, 0.05) is 11.1 Å². The Kier molecular flexibility index (Phi) is 5.57. The summed E-state index contributed by atoms with van der Waals surface area (Å²) in [6.45, 7) is 3.08. The lowest BCUT2D eigenvalue weighted by atomic mass is 9.98. The van der Waals surface area contributed by atoms with Gasteiger partial charge in [0.1, 0.15) is 5.82 Å². The zero-order valence-electron chi connectivity index (χ0n) is 11.6. The van der Waals surface area contributed by atoms with E-state index in [0.29, 0.717) is 5.02 Å². The first-order valence-electron chi connectivity index (χ1n) is 6.93. The van der Waals surface area contributed by atoms with Gasteiger partial charge in [-0.05, 0) is 42.6 Å². The highest BCUT2D eigenvalue weighted by Gasteiger charge is 2.13. The third kappa shape index (κ3) is 4.06. The minimum Gasteiger partial charge on any atom is -0.310 e. The van der Waals surface area contributed by atoms with Crippen LogP contribution in [0.15, 0.2) is 48.5 Å². The van der Waals surface area contributed by atoms with Gasteiger partial charge < -0.3 is 5.32 Å². The molecule has 1 unspecified atom stereocenters. The monoisotopic (exact) mass is 291 g/mol. The average Bonchev–Trinajstić information content (AvgIpc) is 2.46. The summed E-state index contributed by atoms with van der Waals surface area (Å²) in [6.07, 6.45) is 1.82. The van der Waals surface area contributed by atoms with E-state index in [0.717, 1.165) is 24.9 Å². The molecule has 2 aromatic carbocycles. The molecule has 0 bridgehead atoms. The van der Waals surface area contributed by atoms with Gasteiger partial charge in [0.05, 0.1) is 0 Å². The van der Waals surface area contributed by atoms with Crippen molar-refractivity contribution in [1.29, 1.82) is 0 Å². The molecule has 1 nitrogen and oxygen atoms in total. The first-order chi connectivity index (χ1) is 9.70. The molecule has 0 amide bonds. The fourth-order valence-electron chi connectivity index (χ4n) is 2.22. The van der Waals surface area contributed by atoms with Crippen LogP contribution < -0.4 is 5.32 Å². The van der Waals surface area contributed by atoms with E-state index in [2.05, 4.69) is 24.4 Å². The zero-order valence-corrected chi connectivity index (χ0v) is 12.3. The van der Waals surface area contributed by atoms with Gasteiger partial charge in [-0.2, -0.15) is 0 Å². The van der Waals surface area contributed by atoms with E-state index in [9.17, 15) is 4.39 Å². The Morgan fingerprint density at radius 1 is 1.15 bits per heavy atom. The molecule has 0 aliphatic rings. The molecule has 0 saturated heterocycles. The Balaban J connectivity index is 2.19. The normalized spacial score (nSPS) is 12.3. The highest BCUT2D eigenvalue weighted by atomic mass is 35.5. The van der Waals surface area contributed by atoms with Crippen molar-refractivity contribution in [3.05, 3.63) is 70.5 Å². The SMILES string of the molecule is CCCNC(Cc1ccc(F)cc1Cl)c1ccccc1. The number of nitrogens with one attached hydrogen (secondary N) is 1. The predicted octanol–water partition coefficient (Wildman–Crippen LogP) is 4.76. The van der Waals surface area contributed by atoms with Crippen molar-refractivity contribution in [2.45, 2.75) is 25.8 Å². The van der Waals surface area contributed by atoms with Gasteiger partial charge in [-0.3, -0.25) is 0 Å². The lowest BCUT2D eigenvalue weighted by Gasteiger charge is -2.20. The zero-order chi connectivity index (χ0) is 14.4. The van der Waals surface area contributed by atoms with Gasteiger partial charge in [0.2, 0.25) is 0 Å². The molecule has 3 heteroatoms. The molecule has 106 valence electrons. The van der Waals surface area contributed by atoms with Crippen molar-refractivity contribution >= 4 is 11.6 Å². The first kappa shape index (κ1) is 15.0. The predicted molar refractivity (Wildman–Crippen MR) is 82.6 cm³/mol. The first-order valence-corrected chi connectivity index (χ1v) is 7.30. The smallest absolute Gasteiger partial charge is 0.124 e. The maximum atomic E-state index is 13.1. The van der Waals surface area contributed by atoms with Crippen LogP contribution in [0.2, 0.25) is 5.02 Å². The Bertz CT molecular complexity index is 542. The quantitative estimate of drug-likeness (QED) is 0.809. The van der Waals surface area contributed by atoms with Crippen LogP contribution in [0.4, 0.5) is 4.39 Å². The van der Waals surface area contributed by atoms with Crippen molar-refractivity contribution in [1.82, 2.24) is 5.32 Å². The van der Waals surface area contributed by atoms with E-state index in [1.165, 1.54) is 17.7 Å². The molecule has 0 fully saturated rings. The fourth-order valence-corrected chi connectivity index (χ4v) is 2.46. The minimum absolute atomic E-state index is 0.194. The maximum Gasteiger partial charge on any atom is 0.124 e. The molecule has 0 saturated carbocycles. The molecule has 0 heterocycles. The number of hydrogen-bond acceptors (Lipinski definition) is 1. The van der Waals surface area contributed by atoms with Gasteiger partial charge in [-0.15, -0.1) is 0 Å². The summed E-state index contributed by atoms with van der Waals surface area (Å²) in [5, 5.41) is 4.01. The van der Waals surface area contributed by atoms with Crippen molar-refractivity contribution in [2.75, 3.05) is 6.54 Å². The van der Waals surface area contributed by atoms with Gasteiger partial charge in [-0.1, -0.05) is 54.9 Å². The van der Waals surface area contributed by atoms with E-state index in [4.69, 9.17) is 11.6 Å². The summed E-state index contributed by atoms with van der Waals surface area (Å²) in [5.41, 5.74) is 2.19. The van der Waals surface area contributed by atoms with Crippen LogP contribution in [0.5, 0.6) is 0 Å². The third-order valence-corrected chi connectivity index (χ3v) is 3.63. The summed E-state index contributed by atoms with van der Waals surface area (Å²) < 4.78 is 13.1. The van der Waals surface area contributed by atoms with Crippen LogP contribution >= 0.6 is 11.6 Å². The second-order valence-corrected chi connectivity index (χ2v) is 5.26. The second-order valence-electron chi connectivity index (χ2n) is 4.86. The summed E-state index contributed by atoms with van der Waals surface area (Å²) >= 11 is 6.13. The van der Waals surface area contributed by atoms with Gasteiger partial charge in [-0.25, -0.2) is 4.39 Å². The Hall–Kier alpha value is -1.38. The number of halogens is 2. The average molecular weight is 292 g/mol. The van der Waals surface area contributed by atoms with Crippen LogP contribution in [0, 0.1) is 5.82 Å². The van der Waals surface area contributed by atoms with Crippen LogP contribution in [0.3, 0.4) is 0 Å². The van der Waals surface area contributed by atoms with E-state index >= 15 is 0 Å². The molecule has 2 aromatic rings. The molecule has 1 N–H and O–H groups in total. The number of benzene rings is 2. The molecular formula is C17H19ClFN. The highest BCUT2D eigenvalue weighted by Crippen LogP contribution is 2.24. The van der Waals surface area contributed by atoms with Crippen molar-refractivity contribution in [2.24, 2.45) is 0 Å². The topological polar surface area (TPSA) is 12.0 Å². The summed E-state index contributed by atoms with van der Waals surface area (Å²) in [6, 6.07) is 15.1. The summed E-state index contributed by atoms with van der Waals surface area (Å²) in [4.78, 5) is 0. The second kappa shape index (κ2) is 7.41. The molecule has 20 heavy (non-hydrogen) atoms. The van der Waals surface area contributed by atoms with Gasteiger partial charge in [0.25, 0.3) is 0 Å². The Labute approximate surface area is 124 Å². The van der Waals surface area contributed by atoms with Crippen LogP contribution in [-0.2, 0) is 6.42 Å². The molecule has 0 aliphatic heterocycles. The largest absolute Gasteiger partial charge is 0.310 e. The molecule has 1 atom stereocenters. The van der Waals surface area contributed by atoms with Crippen molar-refractivity contribution in [3.8, 4) is 0 Å². The van der Waals surface area contributed by atoms with Crippen LogP contribution in [-0.4, -0.2) is 6.54 Å². The number of rotatable bonds is 6. The lowest BCUT2D eigenvalue weighted by molar-refractivity contribution is 0.528. The highest BCUT2D eigenvalue weighted by molar-refractivity contribution is 6.31. The van der Waals surface area contributed by atoms with E-state index in [1.807, 2.05) is 18.2 Å². The third-order valence-electron chi connectivity index (χ3n) is 3.28. The fraction of sp³-hybridized carbons (Fsp3) is 0.294. The van der Waals surface area contributed by atoms with E-state index < -0.39 is 0 Å². The van der Waals surface area contributed by atoms with E-state index in [1.54, 1.807) is 6.07 Å².